The number of carbonyl (C=O) groups is 2. The average Bonchev–Trinajstić information content (AvgIpc) is 2.79. The van der Waals surface area contributed by atoms with Crippen molar-refractivity contribution in [3.05, 3.63) is 0 Å². The molecule has 0 saturated carbocycles. The Balaban J connectivity index is 1.95. The summed E-state index contributed by atoms with van der Waals surface area (Å²) in [5.74, 6) is -1.03. The van der Waals surface area contributed by atoms with Crippen molar-refractivity contribution >= 4 is 12.0 Å². The van der Waals surface area contributed by atoms with Gasteiger partial charge < -0.3 is 25.0 Å². The number of hydrogen-bond acceptors (Lipinski definition) is 4. The Kier molecular flexibility index (Phi) is 3.72. The lowest BCUT2D eigenvalue weighted by molar-refractivity contribution is -0.144. The Morgan fingerprint density at radius 2 is 1.94 bits per heavy atom. The SMILES string of the molecule is CN1CCN(C(=O)NC2(C(=O)O)CCOC2)CC1. The molecule has 2 heterocycles. The van der Waals surface area contributed by atoms with Gasteiger partial charge in [0.15, 0.2) is 5.54 Å². The third-order valence-electron chi connectivity index (χ3n) is 3.57. The quantitative estimate of drug-likeness (QED) is 0.676. The Morgan fingerprint density at radius 1 is 1.28 bits per heavy atom. The average molecular weight is 257 g/mol. The maximum absolute atomic E-state index is 12.0. The van der Waals surface area contributed by atoms with Crippen LogP contribution in [0.1, 0.15) is 6.42 Å². The summed E-state index contributed by atoms with van der Waals surface area (Å²) in [6.07, 6.45) is 0.321. The molecule has 1 unspecified atom stereocenters. The van der Waals surface area contributed by atoms with E-state index in [-0.39, 0.29) is 12.6 Å². The van der Waals surface area contributed by atoms with Gasteiger partial charge in [-0.05, 0) is 7.05 Å². The van der Waals surface area contributed by atoms with Crippen molar-refractivity contribution in [1.82, 2.24) is 15.1 Å². The summed E-state index contributed by atoms with van der Waals surface area (Å²) >= 11 is 0. The Labute approximate surface area is 106 Å². The number of carboxylic acid groups (broad SMARTS) is 1. The van der Waals surface area contributed by atoms with E-state index in [1.807, 2.05) is 7.05 Å². The minimum absolute atomic E-state index is 0.0435. The fraction of sp³-hybridized carbons (Fsp3) is 0.818. The van der Waals surface area contributed by atoms with Gasteiger partial charge in [-0.15, -0.1) is 0 Å². The van der Waals surface area contributed by atoms with Crippen molar-refractivity contribution in [3.63, 3.8) is 0 Å². The number of carbonyl (C=O) groups excluding carboxylic acids is 1. The van der Waals surface area contributed by atoms with E-state index < -0.39 is 11.5 Å². The molecule has 0 radical (unpaired) electrons. The molecule has 2 N–H and O–H groups in total. The third kappa shape index (κ3) is 2.56. The molecule has 2 aliphatic heterocycles. The fourth-order valence-corrected chi connectivity index (χ4v) is 2.18. The molecule has 102 valence electrons. The highest BCUT2D eigenvalue weighted by Crippen LogP contribution is 2.19. The van der Waals surface area contributed by atoms with Gasteiger partial charge in [0.05, 0.1) is 6.61 Å². The second-order valence-corrected chi connectivity index (χ2v) is 4.91. The maximum atomic E-state index is 12.0. The molecule has 2 amide bonds. The summed E-state index contributed by atoms with van der Waals surface area (Å²) in [7, 11) is 2.00. The molecule has 1 atom stereocenters. The predicted octanol–water partition coefficient (Wildman–Crippen LogP) is -0.813. The van der Waals surface area contributed by atoms with Gasteiger partial charge in [-0.1, -0.05) is 0 Å². The van der Waals surface area contributed by atoms with E-state index in [1.165, 1.54) is 0 Å². The second kappa shape index (κ2) is 5.11. The minimum atomic E-state index is -1.25. The highest BCUT2D eigenvalue weighted by Gasteiger charge is 2.44. The molecule has 0 aromatic rings. The van der Waals surface area contributed by atoms with Crippen LogP contribution in [-0.2, 0) is 9.53 Å². The zero-order chi connectivity index (χ0) is 13.2. The molecule has 7 nitrogen and oxygen atoms in total. The van der Waals surface area contributed by atoms with Crippen molar-refractivity contribution in [2.45, 2.75) is 12.0 Å². The molecule has 18 heavy (non-hydrogen) atoms. The summed E-state index contributed by atoms with van der Waals surface area (Å²) < 4.78 is 5.10. The molecule has 0 spiro atoms. The van der Waals surface area contributed by atoms with E-state index in [0.717, 1.165) is 13.1 Å². The second-order valence-electron chi connectivity index (χ2n) is 4.91. The van der Waals surface area contributed by atoms with Crippen molar-refractivity contribution < 1.29 is 19.4 Å². The van der Waals surface area contributed by atoms with Crippen LogP contribution in [0, 0.1) is 0 Å². The standard InChI is InChI=1S/C11H19N3O4/c1-13-3-5-14(6-4-13)10(17)12-11(9(15)16)2-7-18-8-11/h2-8H2,1H3,(H,12,17)(H,15,16). The van der Waals surface area contributed by atoms with Gasteiger partial charge in [0, 0.05) is 39.2 Å². The minimum Gasteiger partial charge on any atom is -0.479 e. The number of nitrogens with zero attached hydrogens (tertiary/aromatic N) is 2. The smallest absolute Gasteiger partial charge is 0.332 e. The van der Waals surface area contributed by atoms with E-state index in [1.54, 1.807) is 4.90 Å². The number of rotatable bonds is 2. The summed E-state index contributed by atoms with van der Waals surface area (Å²) in [6.45, 7) is 3.28. The monoisotopic (exact) mass is 257 g/mol. The third-order valence-corrected chi connectivity index (χ3v) is 3.57. The largest absolute Gasteiger partial charge is 0.479 e. The lowest BCUT2D eigenvalue weighted by Crippen LogP contribution is -2.60. The normalized spacial score (nSPS) is 29.3. The van der Waals surface area contributed by atoms with E-state index >= 15 is 0 Å². The van der Waals surface area contributed by atoms with Gasteiger partial charge in [-0.25, -0.2) is 9.59 Å². The molecular formula is C11H19N3O4. The number of piperazine rings is 1. The zero-order valence-corrected chi connectivity index (χ0v) is 10.5. The van der Waals surface area contributed by atoms with Crippen molar-refractivity contribution in [1.29, 1.82) is 0 Å². The van der Waals surface area contributed by atoms with Crippen LogP contribution in [0.3, 0.4) is 0 Å². The molecule has 2 fully saturated rings. The number of ether oxygens (including phenoxy) is 1. The molecule has 0 aliphatic carbocycles. The lowest BCUT2D eigenvalue weighted by atomic mass is 9.99. The van der Waals surface area contributed by atoms with Crippen LogP contribution in [0.15, 0.2) is 0 Å². The van der Waals surface area contributed by atoms with Crippen LogP contribution in [0.25, 0.3) is 0 Å². The highest BCUT2D eigenvalue weighted by atomic mass is 16.5. The molecule has 2 rings (SSSR count). The first-order chi connectivity index (χ1) is 8.53. The van der Waals surface area contributed by atoms with Crippen LogP contribution in [0.2, 0.25) is 0 Å². The topological polar surface area (TPSA) is 82.1 Å². The number of aliphatic carboxylic acids is 1. The fourth-order valence-electron chi connectivity index (χ4n) is 2.18. The molecule has 2 aliphatic rings. The first-order valence-electron chi connectivity index (χ1n) is 6.10. The Bertz CT molecular complexity index is 333. The predicted molar refractivity (Wildman–Crippen MR) is 63.4 cm³/mol. The van der Waals surface area contributed by atoms with Crippen LogP contribution in [0.4, 0.5) is 4.79 Å². The number of urea groups is 1. The Hall–Kier alpha value is -1.34. The molecule has 2 saturated heterocycles. The summed E-state index contributed by atoms with van der Waals surface area (Å²) in [4.78, 5) is 27.1. The molecule has 0 aromatic carbocycles. The van der Waals surface area contributed by atoms with Crippen LogP contribution in [-0.4, -0.2) is 78.9 Å². The Morgan fingerprint density at radius 3 is 2.44 bits per heavy atom. The summed E-state index contributed by atoms with van der Waals surface area (Å²) in [5, 5.41) is 11.9. The van der Waals surface area contributed by atoms with Gasteiger partial charge in [-0.2, -0.15) is 0 Å². The molecule has 0 bridgehead atoms. The molecular weight excluding hydrogens is 238 g/mol. The van der Waals surface area contributed by atoms with Crippen molar-refractivity contribution in [2.75, 3.05) is 46.4 Å². The summed E-state index contributed by atoms with van der Waals surface area (Å²) in [5.41, 5.74) is -1.25. The zero-order valence-electron chi connectivity index (χ0n) is 10.5. The number of likely N-dealkylation sites (N-methyl/N-ethyl adjacent to an activating group) is 1. The van der Waals surface area contributed by atoms with Crippen molar-refractivity contribution in [3.8, 4) is 0 Å². The van der Waals surface area contributed by atoms with Crippen LogP contribution in [0.5, 0.6) is 0 Å². The first kappa shape index (κ1) is 13.1. The van der Waals surface area contributed by atoms with E-state index in [0.29, 0.717) is 26.1 Å². The van der Waals surface area contributed by atoms with E-state index in [2.05, 4.69) is 10.2 Å². The van der Waals surface area contributed by atoms with Crippen molar-refractivity contribution in [2.24, 2.45) is 0 Å². The number of amides is 2. The maximum Gasteiger partial charge on any atom is 0.332 e. The number of nitrogens with one attached hydrogen (secondary N) is 1. The molecule has 0 aromatic heterocycles. The van der Waals surface area contributed by atoms with Gasteiger partial charge in [-0.3, -0.25) is 0 Å². The van der Waals surface area contributed by atoms with Gasteiger partial charge in [0.1, 0.15) is 0 Å². The van der Waals surface area contributed by atoms with Crippen LogP contribution >= 0.6 is 0 Å². The highest BCUT2D eigenvalue weighted by molar-refractivity contribution is 5.86. The van der Waals surface area contributed by atoms with E-state index in [4.69, 9.17) is 4.74 Å². The lowest BCUT2D eigenvalue weighted by Gasteiger charge is -2.34. The first-order valence-corrected chi connectivity index (χ1v) is 6.10. The number of carboxylic acids is 1. The summed E-state index contributed by atoms with van der Waals surface area (Å²) in [6, 6.07) is -0.309. The van der Waals surface area contributed by atoms with Crippen LogP contribution < -0.4 is 5.32 Å². The number of hydrogen-bond donors (Lipinski definition) is 2. The van der Waals surface area contributed by atoms with Gasteiger partial charge >= 0.3 is 12.0 Å². The van der Waals surface area contributed by atoms with Gasteiger partial charge in [0.25, 0.3) is 0 Å². The van der Waals surface area contributed by atoms with Gasteiger partial charge in [0.2, 0.25) is 0 Å². The van der Waals surface area contributed by atoms with E-state index in [9.17, 15) is 14.7 Å². The molecule has 7 heteroatoms.